The van der Waals surface area contributed by atoms with Crippen LogP contribution in [0.15, 0.2) is 146 Å². The smallest absolute Gasteiger partial charge is 0.150 e. The average molecular weight is 651 g/mol. The fourth-order valence-electron chi connectivity index (χ4n) is 5.27. The molecule has 0 heterocycles. The van der Waals surface area contributed by atoms with E-state index in [-0.39, 0.29) is 0 Å². The topological polar surface area (TPSA) is 77.5 Å². The van der Waals surface area contributed by atoms with Gasteiger partial charge in [0.05, 0.1) is 0 Å². The highest BCUT2D eigenvalue weighted by Gasteiger charge is 2.25. The van der Waals surface area contributed by atoms with Crippen LogP contribution in [0.5, 0.6) is 11.5 Å². The average Bonchev–Trinajstić information content (AvgIpc) is 3.14. The van der Waals surface area contributed by atoms with Crippen molar-refractivity contribution in [1.29, 1.82) is 0 Å². The maximum atomic E-state index is 12.1. The number of hydrogen-bond acceptors (Lipinski definition) is 5. The van der Waals surface area contributed by atoms with Crippen LogP contribution in [0, 0.1) is 0 Å². The summed E-state index contributed by atoms with van der Waals surface area (Å²) in [5.74, 6) is 1.15. The highest BCUT2D eigenvalue weighted by atomic mass is 31.1. The molecule has 6 rings (SSSR count). The maximum Gasteiger partial charge on any atom is 0.150 e. The number of ether oxygens (including phenoxy) is 1. The minimum absolute atomic E-state index is 0.513. The molecule has 0 radical (unpaired) electrons. The summed E-state index contributed by atoms with van der Waals surface area (Å²) in [6, 6.07) is 45.9. The van der Waals surface area contributed by atoms with Gasteiger partial charge in [0.2, 0.25) is 0 Å². The lowest BCUT2D eigenvalue weighted by molar-refractivity contribution is 0.111. The van der Waals surface area contributed by atoms with Gasteiger partial charge in [-0.1, -0.05) is 109 Å². The normalized spacial score (nSPS) is 12.0. The summed E-state index contributed by atoms with van der Waals surface area (Å²) in [7, 11) is -2.43. The van der Waals surface area contributed by atoms with Crippen LogP contribution in [-0.4, -0.2) is 25.1 Å². The van der Waals surface area contributed by atoms with E-state index >= 15 is 0 Å². The van der Waals surface area contributed by atoms with E-state index in [0.29, 0.717) is 33.8 Å². The molecule has 0 fully saturated rings. The minimum Gasteiger partial charge on any atom is -0.456 e. The molecule has 47 heavy (non-hydrogen) atoms. The van der Waals surface area contributed by atoms with Gasteiger partial charge in [-0.2, -0.15) is 0 Å². The second-order valence-corrected chi connectivity index (χ2v) is 14.9. The van der Waals surface area contributed by atoms with Gasteiger partial charge in [0.25, 0.3) is 0 Å². The van der Waals surface area contributed by atoms with Crippen molar-refractivity contribution in [3.8, 4) is 11.5 Å². The predicted molar refractivity (Wildman–Crippen MR) is 192 cm³/mol. The second kappa shape index (κ2) is 14.8. The molecule has 2 unspecified atom stereocenters. The van der Waals surface area contributed by atoms with Gasteiger partial charge in [0, 0.05) is 32.9 Å². The number of rotatable bonds is 12. The third kappa shape index (κ3) is 7.08. The fraction of sp³-hybridized carbons (Fsp3) is 0. The third-order valence-corrected chi connectivity index (χ3v) is 12.5. The first-order valence-electron chi connectivity index (χ1n) is 14.8. The Bertz CT molecular complexity index is 1880. The zero-order valence-corrected chi connectivity index (χ0v) is 26.9. The van der Waals surface area contributed by atoms with Gasteiger partial charge in [-0.15, -0.1) is 0 Å². The van der Waals surface area contributed by atoms with Gasteiger partial charge >= 0.3 is 0 Å². The van der Waals surface area contributed by atoms with E-state index in [1.807, 2.05) is 84.9 Å². The first-order valence-corrected chi connectivity index (χ1v) is 17.5. The van der Waals surface area contributed by atoms with Gasteiger partial charge in [0.1, 0.15) is 36.6 Å². The molecule has 5 nitrogen and oxygen atoms in total. The Morgan fingerprint density at radius 2 is 0.681 bits per heavy atom. The van der Waals surface area contributed by atoms with Crippen LogP contribution < -0.4 is 36.6 Å². The summed E-state index contributed by atoms with van der Waals surface area (Å²) in [5.41, 5.74) is 2.17. The molecule has 0 aromatic heterocycles. The van der Waals surface area contributed by atoms with Crippen molar-refractivity contribution in [2.75, 3.05) is 0 Å². The van der Waals surface area contributed by atoms with Gasteiger partial charge in [-0.25, -0.2) is 0 Å². The van der Waals surface area contributed by atoms with Crippen molar-refractivity contribution < 1.29 is 23.9 Å². The van der Waals surface area contributed by atoms with Crippen molar-refractivity contribution in [3.05, 3.63) is 168 Å². The van der Waals surface area contributed by atoms with E-state index in [0.717, 1.165) is 57.0 Å². The first kappa shape index (κ1) is 31.6. The molecular weight excluding hydrogens is 622 g/mol. The summed E-state index contributed by atoms with van der Waals surface area (Å²) in [4.78, 5) is 47.0. The summed E-state index contributed by atoms with van der Waals surface area (Å²) in [6.07, 6.45) is 3.28. The lowest BCUT2D eigenvalue weighted by atomic mass is 10.2. The standard InChI is InChI=1S/C40H28O5P2/c41-25-29-11-17-35(18-12-29)46(33-7-3-1-4-8-33)39-23-31(27-43)15-21-37(39)45-38-22-16-32(28-44)24-40(38)47(34-9-5-2-6-10-34)36-19-13-30(26-42)14-20-36/h1-28H. The van der Waals surface area contributed by atoms with Crippen molar-refractivity contribution >= 4 is 72.8 Å². The molecule has 6 aromatic carbocycles. The predicted octanol–water partition coefficient (Wildman–Crippen LogP) is 6.25. The summed E-state index contributed by atoms with van der Waals surface area (Å²) in [6.45, 7) is 0. The molecule has 0 aliphatic rings. The molecule has 0 N–H and O–H groups in total. The van der Waals surface area contributed by atoms with E-state index in [2.05, 4.69) is 24.3 Å². The SMILES string of the molecule is O=Cc1ccc(P(c2ccccc2)c2cc(C=O)ccc2Oc2ccc(C=O)cc2P(c2ccccc2)c2ccc(C=O)cc2)cc1. The second-order valence-electron chi connectivity index (χ2n) is 10.6. The fourth-order valence-corrected chi connectivity index (χ4v) is 10.0. The number of aldehydes is 4. The molecular formula is C40H28O5P2. The van der Waals surface area contributed by atoms with Crippen LogP contribution >= 0.6 is 15.8 Å². The molecule has 0 amide bonds. The lowest BCUT2D eigenvalue weighted by Crippen LogP contribution is -2.24. The lowest BCUT2D eigenvalue weighted by Gasteiger charge is -2.25. The van der Waals surface area contributed by atoms with Gasteiger partial charge < -0.3 is 4.74 Å². The molecule has 0 spiro atoms. The molecule has 228 valence electrons. The van der Waals surface area contributed by atoms with Crippen molar-refractivity contribution in [2.24, 2.45) is 0 Å². The van der Waals surface area contributed by atoms with Crippen molar-refractivity contribution in [3.63, 3.8) is 0 Å². The van der Waals surface area contributed by atoms with Gasteiger partial charge in [0.15, 0.2) is 0 Å². The largest absolute Gasteiger partial charge is 0.456 e. The van der Waals surface area contributed by atoms with Crippen molar-refractivity contribution in [2.45, 2.75) is 0 Å². The number of hydrogen-bond donors (Lipinski definition) is 0. The zero-order valence-electron chi connectivity index (χ0n) is 25.1. The molecule has 2 atom stereocenters. The van der Waals surface area contributed by atoms with Crippen molar-refractivity contribution in [1.82, 2.24) is 0 Å². The highest BCUT2D eigenvalue weighted by Crippen LogP contribution is 2.41. The summed E-state index contributed by atoms with van der Waals surface area (Å²) in [5, 5.41) is 5.74. The molecule has 0 aliphatic carbocycles. The van der Waals surface area contributed by atoms with E-state index in [1.54, 1.807) is 36.4 Å². The first-order chi connectivity index (χ1) is 23.1. The Labute approximate surface area is 275 Å². The van der Waals surface area contributed by atoms with E-state index in [4.69, 9.17) is 4.74 Å². The highest BCUT2D eigenvalue weighted by molar-refractivity contribution is 7.80. The maximum absolute atomic E-state index is 12.1. The molecule has 0 aliphatic heterocycles. The molecule has 0 saturated carbocycles. The number of carbonyl (C=O) groups excluding carboxylic acids is 4. The monoisotopic (exact) mass is 650 g/mol. The molecule has 6 aromatic rings. The van der Waals surface area contributed by atoms with Gasteiger partial charge in [-0.05, 0) is 73.5 Å². The van der Waals surface area contributed by atoms with Crippen LogP contribution in [0.1, 0.15) is 41.4 Å². The summed E-state index contributed by atoms with van der Waals surface area (Å²) < 4.78 is 6.87. The third-order valence-electron chi connectivity index (χ3n) is 7.54. The van der Waals surface area contributed by atoms with E-state index in [9.17, 15) is 19.2 Å². The van der Waals surface area contributed by atoms with E-state index < -0.39 is 15.8 Å². The Hall–Kier alpha value is -5.34. The Balaban J connectivity index is 1.54. The molecule has 0 saturated heterocycles. The van der Waals surface area contributed by atoms with E-state index in [1.165, 1.54) is 0 Å². The number of benzene rings is 6. The Morgan fingerprint density at radius 1 is 0.362 bits per heavy atom. The Kier molecular flexibility index (Phi) is 9.98. The summed E-state index contributed by atoms with van der Waals surface area (Å²) >= 11 is 0. The zero-order chi connectivity index (χ0) is 32.6. The van der Waals surface area contributed by atoms with Gasteiger partial charge in [-0.3, -0.25) is 19.2 Å². The van der Waals surface area contributed by atoms with Crippen LogP contribution in [0.2, 0.25) is 0 Å². The quantitative estimate of drug-likeness (QED) is 0.116. The number of carbonyl (C=O) groups is 4. The molecule has 0 bridgehead atoms. The van der Waals surface area contributed by atoms with Crippen LogP contribution in [-0.2, 0) is 0 Å². The minimum atomic E-state index is -1.21. The van der Waals surface area contributed by atoms with Crippen LogP contribution in [0.25, 0.3) is 0 Å². The van der Waals surface area contributed by atoms with Crippen LogP contribution in [0.4, 0.5) is 0 Å². The molecule has 7 heteroatoms. The Morgan fingerprint density at radius 3 is 1.02 bits per heavy atom. The van der Waals surface area contributed by atoms with Crippen LogP contribution in [0.3, 0.4) is 0 Å².